The van der Waals surface area contributed by atoms with Crippen molar-refractivity contribution in [2.75, 3.05) is 13.1 Å². The van der Waals surface area contributed by atoms with Gasteiger partial charge >= 0.3 is 0 Å². The molecule has 1 fully saturated rings. The Morgan fingerprint density at radius 2 is 2.00 bits per heavy atom. The third kappa shape index (κ3) is 3.28. The molecule has 25 heavy (non-hydrogen) atoms. The first-order valence-corrected chi connectivity index (χ1v) is 8.02. The Balaban J connectivity index is 2.25. The Morgan fingerprint density at radius 1 is 1.28 bits per heavy atom. The number of aryl methyl sites for hydroxylation is 1. The second-order valence-corrected chi connectivity index (χ2v) is 6.00. The minimum atomic E-state index is -0.654. The van der Waals surface area contributed by atoms with Crippen molar-refractivity contribution in [1.29, 1.82) is 5.26 Å². The Morgan fingerprint density at radius 3 is 2.68 bits per heavy atom. The molecule has 0 aliphatic carbocycles. The molecule has 0 spiro atoms. The first kappa shape index (κ1) is 16.8. The van der Waals surface area contributed by atoms with Gasteiger partial charge in [0.05, 0.1) is 17.2 Å². The molecule has 2 aromatic carbocycles. The van der Waals surface area contributed by atoms with Crippen LogP contribution in [0.3, 0.4) is 0 Å². The molecule has 0 unspecified atom stereocenters. The fourth-order valence-electron chi connectivity index (χ4n) is 2.67. The number of aromatic hydroxyl groups is 1. The summed E-state index contributed by atoms with van der Waals surface area (Å²) in [7, 11) is 0. The van der Waals surface area contributed by atoms with Crippen LogP contribution in [-0.4, -0.2) is 30.1 Å². The number of nitrogens with one attached hydrogen (secondary N) is 2. The summed E-state index contributed by atoms with van der Waals surface area (Å²) in [6, 6.07) is 10.1. The largest absolute Gasteiger partial charge is 0.507 e. The van der Waals surface area contributed by atoms with Gasteiger partial charge in [-0.15, -0.1) is 0 Å². The quantitative estimate of drug-likeness (QED) is 0.770. The number of halogens is 1. The van der Waals surface area contributed by atoms with Gasteiger partial charge in [0.15, 0.2) is 5.96 Å². The van der Waals surface area contributed by atoms with Crippen LogP contribution in [0.1, 0.15) is 21.5 Å². The predicted octanol–water partition coefficient (Wildman–Crippen LogP) is 2.58. The first-order chi connectivity index (χ1) is 12.0. The van der Waals surface area contributed by atoms with Crippen molar-refractivity contribution in [3.8, 4) is 22.9 Å². The zero-order chi connectivity index (χ0) is 18.0. The average Bonchev–Trinajstić information content (AvgIpc) is 3.09. The van der Waals surface area contributed by atoms with Gasteiger partial charge in [-0.3, -0.25) is 4.79 Å². The number of guanidine groups is 1. The van der Waals surface area contributed by atoms with Gasteiger partial charge in [-0.2, -0.15) is 10.3 Å². The van der Waals surface area contributed by atoms with Crippen LogP contribution in [0.15, 0.2) is 35.3 Å². The van der Waals surface area contributed by atoms with E-state index in [0.29, 0.717) is 29.6 Å². The van der Waals surface area contributed by atoms with Crippen LogP contribution in [0.5, 0.6) is 5.75 Å². The Kier molecular flexibility index (Phi) is 4.59. The number of carbonyl (C=O) groups excluding carboxylic acids is 1. The number of hydrogen-bond acceptors (Lipinski definition) is 3. The maximum atomic E-state index is 12.7. The molecule has 1 amide bonds. The summed E-state index contributed by atoms with van der Waals surface area (Å²) in [6.45, 7) is 3.20. The molecule has 3 N–H and O–H groups in total. The van der Waals surface area contributed by atoms with Crippen LogP contribution in [0, 0.1) is 18.3 Å². The van der Waals surface area contributed by atoms with Gasteiger partial charge < -0.3 is 15.7 Å². The van der Waals surface area contributed by atoms with Gasteiger partial charge in [0.1, 0.15) is 5.75 Å². The van der Waals surface area contributed by atoms with Crippen LogP contribution < -0.4 is 10.6 Å². The van der Waals surface area contributed by atoms with E-state index in [9.17, 15) is 15.2 Å². The highest BCUT2D eigenvalue weighted by Crippen LogP contribution is 2.38. The van der Waals surface area contributed by atoms with E-state index in [-0.39, 0.29) is 22.4 Å². The molecule has 3 rings (SSSR count). The number of aliphatic imine (C=N–C) groups is 1. The highest BCUT2D eigenvalue weighted by Gasteiger charge is 2.23. The highest BCUT2D eigenvalue weighted by molar-refractivity contribution is 6.33. The van der Waals surface area contributed by atoms with Gasteiger partial charge in [0.2, 0.25) is 0 Å². The Labute approximate surface area is 149 Å². The molecular formula is C18H15ClN4O2. The van der Waals surface area contributed by atoms with E-state index in [1.807, 2.05) is 13.0 Å². The molecule has 0 atom stereocenters. The Hall–Kier alpha value is -3.04. The molecule has 0 aromatic heterocycles. The summed E-state index contributed by atoms with van der Waals surface area (Å²) in [4.78, 5) is 16.7. The molecule has 2 aromatic rings. The van der Waals surface area contributed by atoms with Crippen molar-refractivity contribution in [1.82, 2.24) is 10.6 Å². The van der Waals surface area contributed by atoms with Crippen molar-refractivity contribution in [2.24, 2.45) is 4.99 Å². The second kappa shape index (κ2) is 6.83. The summed E-state index contributed by atoms with van der Waals surface area (Å²) in [5, 5.41) is 26.0. The number of nitriles is 1. The molecule has 7 heteroatoms. The van der Waals surface area contributed by atoms with Crippen LogP contribution in [-0.2, 0) is 0 Å². The third-order valence-electron chi connectivity index (χ3n) is 3.83. The van der Waals surface area contributed by atoms with Crippen LogP contribution in [0.2, 0.25) is 5.02 Å². The summed E-state index contributed by atoms with van der Waals surface area (Å²) in [5.74, 6) is -0.564. The van der Waals surface area contributed by atoms with Gasteiger partial charge in [0, 0.05) is 29.2 Å². The summed E-state index contributed by atoms with van der Waals surface area (Å²) < 4.78 is 0. The molecule has 1 heterocycles. The maximum absolute atomic E-state index is 12.7. The van der Waals surface area contributed by atoms with E-state index < -0.39 is 5.91 Å². The van der Waals surface area contributed by atoms with Crippen molar-refractivity contribution in [3.63, 3.8) is 0 Å². The maximum Gasteiger partial charge on any atom is 0.284 e. The molecule has 1 aliphatic rings. The number of amides is 1. The SMILES string of the molecule is Cc1ccc(Cl)c(-c2c(C#N)ccc(O)c2C(=O)N=C2NCCN2)c1. The molecule has 1 saturated heterocycles. The third-order valence-corrected chi connectivity index (χ3v) is 4.16. The van der Waals surface area contributed by atoms with E-state index in [4.69, 9.17) is 11.6 Å². The zero-order valence-corrected chi connectivity index (χ0v) is 14.2. The summed E-state index contributed by atoms with van der Waals surface area (Å²) in [5.41, 5.74) is 1.89. The lowest BCUT2D eigenvalue weighted by Gasteiger charge is -2.13. The van der Waals surface area contributed by atoms with Gasteiger partial charge in [-0.1, -0.05) is 23.2 Å². The van der Waals surface area contributed by atoms with Gasteiger partial charge in [0.25, 0.3) is 5.91 Å². The predicted molar refractivity (Wildman–Crippen MR) is 95.8 cm³/mol. The van der Waals surface area contributed by atoms with Crippen LogP contribution in [0.4, 0.5) is 0 Å². The van der Waals surface area contributed by atoms with E-state index in [0.717, 1.165) is 5.56 Å². The average molecular weight is 355 g/mol. The molecule has 0 saturated carbocycles. The van der Waals surface area contributed by atoms with E-state index >= 15 is 0 Å². The number of nitrogens with zero attached hydrogens (tertiary/aromatic N) is 2. The second-order valence-electron chi connectivity index (χ2n) is 5.60. The highest BCUT2D eigenvalue weighted by atomic mass is 35.5. The number of benzene rings is 2. The van der Waals surface area contributed by atoms with E-state index in [1.165, 1.54) is 12.1 Å². The fourth-order valence-corrected chi connectivity index (χ4v) is 2.88. The van der Waals surface area contributed by atoms with Gasteiger partial charge in [-0.25, -0.2) is 0 Å². The lowest BCUT2D eigenvalue weighted by atomic mass is 9.92. The molecule has 0 bridgehead atoms. The van der Waals surface area contributed by atoms with Crippen molar-refractivity contribution in [3.05, 3.63) is 52.0 Å². The number of phenolic OH excluding ortho intramolecular Hbond substituents is 1. The molecule has 1 aliphatic heterocycles. The lowest BCUT2D eigenvalue weighted by Crippen LogP contribution is -2.25. The fraction of sp³-hybridized carbons (Fsp3) is 0.167. The normalized spacial score (nSPS) is 12.9. The molecule has 126 valence electrons. The molecular weight excluding hydrogens is 340 g/mol. The van der Waals surface area contributed by atoms with Crippen molar-refractivity contribution >= 4 is 23.5 Å². The zero-order valence-electron chi connectivity index (χ0n) is 13.4. The number of carbonyl (C=O) groups is 1. The standard InChI is InChI=1S/C18H15ClN4O2/c1-10-2-4-13(19)12(8-10)15-11(9-20)3-5-14(24)16(15)17(25)23-18-21-6-7-22-18/h2-5,8,24H,6-7H2,1H3,(H2,21,22,23,25). The van der Waals surface area contributed by atoms with Crippen molar-refractivity contribution in [2.45, 2.75) is 6.92 Å². The number of rotatable bonds is 2. The first-order valence-electron chi connectivity index (χ1n) is 7.64. The minimum Gasteiger partial charge on any atom is -0.507 e. The number of hydrogen-bond donors (Lipinski definition) is 3. The minimum absolute atomic E-state index is 0.0467. The Bertz CT molecular complexity index is 923. The van der Waals surface area contributed by atoms with Crippen LogP contribution >= 0.6 is 11.6 Å². The molecule has 0 radical (unpaired) electrons. The summed E-state index contributed by atoms with van der Waals surface area (Å²) in [6.07, 6.45) is 0. The lowest BCUT2D eigenvalue weighted by molar-refractivity contribution is 0.100. The smallest absolute Gasteiger partial charge is 0.284 e. The van der Waals surface area contributed by atoms with Crippen molar-refractivity contribution < 1.29 is 9.90 Å². The monoisotopic (exact) mass is 354 g/mol. The van der Waals surface area contributed by atoms with E-state index in [2.05, 4.69) is 21.7 Å². The van der Waals surface area contributed by atoms with Gasteiger partial charge in [-0.05, 0) is 31.2 Å². The summed E-state index contributed by atoms with van der Waals surface area (Å²) >= 11 is 6.30. The van der Waals surface area contributed by atoms with Crippen LogP contribution in [0.25, 0.3) is 11.1 Å². The van der Waals surface area contributed by atoms with E-state index in [1.54, 1.807) is 12.1 Å². The topological polar surface area (TPSA) is 97.5 Å². The number of phenols is 1. The molecule has 6 nitrogen and oxygen atoms in total.